The van der Waals surface area contributed by atoms with Gasteiger partial charge in [-0.1, -0.05) is 17.7 Å². The Balaban J connectivity index is 1.49. The van der Waals surface area contributed by atoms with Crippen molar-refractivity contribution >= 4 is 29.5 Å². The van der Waals surface area contributed by atoms with Crippen LogP contribution in [0, 0.1) is 11.7 Å². The molecule has 0 aromatic heterocycles. The zero-order valence-electron chi connectivity index (χ0n) is 18.4. The van der Waals surface area contributed by atoms with Crippen LogP contribution in [-0.2, 0) is 9.59 Å². The Morgan fingerprint density at radius 2 is 2.03 bits per heavy atom. The molecule has 2 fully saturated rings. The van der Waals surface area contributed by atoms with Gasteiger partial charge in [0, 0.05) is 64.3 Å². The Morgan fingerprint density at radius 3 is 2.73 bits per heavy atom. The number of amides is 2. The van der Waals surface area contributed by atoms with Crippen LogP contribution in [0.25, 0.3) is 6.08 Å². The van der Waals surface area contributed by atoms with E-state index in [1.165, 1.54) is 24.3 Å². The number of likely N-dealkylation sites (tertiary alicyclic amines) is 1. The molecule has 8 nitrogen and oxygen atoms in total. The maximum absolute atomic E-state index is 13.3. The zero-order valence-corrected chi connectivity index (χ0v) is 19.2. The SMILES string of the molecule is O=C(C=Cc1ccc(F)c(Cl)c1)N1CCC(=O)N(CC(O)CN2CCC(CO)C(O)C2)CC1. The lowest BCUT2D eigenvalue weighted by atomic mass is 9.94. The molecule has 2 aliphatic heterocycles. The van der Waals surface area contributed by atoms with E-state index < -0.39 is 18.0 Å². The molecule has 0 saturated carbocycles. The van der Waals surface area contributed by atoms with Crippen molar-refractivity contribution in [2.75, 3.05) is 52.4 Å². The summed E-state index contributed by atoms with van der Waals surface area (Å²) in [7, 11) is 0. The molecule has 0 radical (unpaired) electrons. The molecule has 1 aromatic rings. The van der Waals surface area contributed by atoms with Crippen LogP contribution in [0.15, 0.2) is 24.3 Å². The maximum atomic E-state index is 13.3. The fourth-order valence-corrected chi connectivity index (χ4v) is 4.39. The van der Waals surface area contributed by atoms with Crippen LogP contribution >= 0.6 is 11.6 Å². The van der Waals surface area contributed by atoms with Crippen LogP contribution < -0.4 is 0 Å². The number of β-amino-alcohol motifs (C(OH)–C–C–N with tert-alkyl or cyclic N) is 2. The number of nitrogens with zero attached hydrogens (tertiary/aromatic N) is 3. The molecule has 2 heterocycles. The van der Waals surface area contributed by atoms with E-state index in [1.54, 1.807) is 15.9 Å². The van der Waals surface area contributed by atoms with Crippen LogP contribution in [0.3, 0.4) is 0 Å². The molecule has 182 valence electrons. The molecular formula is C23H31ClFN3O5. The molecule has 2 amide bonds. The van der Waals surface area contributed by atoms with Crippen LogP contribution in [0.4, 0.5) is 4.39 Å². The number of benzene rings is 1. The first kappa shape index (κ1) is 25.6. The van der Waals surface area contributed by atoms with Gasteiger partial charge in [0.05, 0.1) is 17.2 Å². The lowest BCUT2D eigenvalue weighted by Gasteiger charge is -2.36. The van der Waals surface area contributed by atoms with Crippen LogP contribution in [-0.4, -0.2) is 106 Å². The van der Waals surface area contributed by atoms with Gasteiger partial charge in [-0.3, -0.25) is 14.5 Å². The van der Waals surface area contributed by atoms with Gasteiger partial charge in [-0.05, 0) is 36.7 Å². The minimum absolute atomic E-state index is 0.0218. The van der Waals surface area contributed by atoms with Crippen molar-refractivity contribution < 1.29 is 29.3 Å². The quantitative estimate of drug-likeness (QED) is 0.490. The van der Waals surface area contributed by atoms with Gasteiger partial charge < -0.3 is 25.1 Å². The summed E-state index contributed by atoms with van der Waals surface area (Å²) in [6.45, 7) is 2.40. The second kappa shape index (κ2) is 11.9. The number of carbonyl (C=O) groups excluding carboxylic acids is 2. The Labute approximate surface area is 197 Å². The first-order valence-corrected chi connectivity index (χ1v) is 11.5. The van der Waals surface area contributed by atoms with Gasteiger partial charge in [-0.15, -0.1) is 0 Å². The van der Waals surface area contributed by atoms with E-state index in [0.717, 1.165) is 0 Å². The third kappa shape index (κ3) is 7.22. The van der Waals surface area contributed by atoms with E-state index >= 15 is 0 Å². The summed E-state index contributed by atoms with van der Waals surface area (Å²) in [5.74, 6) is -1.05. The minimum Gasteiger partial charge on any atom is -0.396 e. The summed E-state index contributed by atoms with van der Waals surface area (Å²) in [5.41, 5.74) is 0.596. The van der Waals surface area contributed by atoms with E-state index in [4.69, 9.17) is 11.6 Å². The molecule has 10 heteroatoms. The van der Waals surface area contributed by atoms with Crippen LogP contribution in [0.1, 0.15) is 18.4 Å². The Morgan fingerprint density at radius 1 is 1.24 bits per heavy atom. The smallest absolute Gasteiger partial charge is 0.246 e. The summed E-state index contributed by atoms with van der Waals surface area (Å²) in [5, 5.41) is 29.8. The minimum atomic E-state index is -0.780. The number of hydrogen-bond donors (Lipinski definition) is 3. The molecule has 3 rings (SSSR count). The van der Waals surface area contributed by atoms with Gasteiger partial charge in [0.25, 0.3) is 0 Å². The number of aliphatic hydroxyl groups excluding tert-OH is 3. The fraction of sp³-hybridized carbons (Fsp3) is 0.565. The maximum Gasteiger partial charge on any atom is 0.246 e. The molecule has 0 aliphatic carbocycles. The van der Waals surface area contributed by atoms with E-state index in [2.05, 4.69) is 0 Å². The third-order valence-electron chi connectivity index (χ3n) is 6.20. The van der Waals surface area contributed by atoms with E-state index in [-0.39, 0.29) is 48.9 Å². The topological polar surface area (TPSA) is 105 Å². The monoisotopic (exact) mass is 483 g/mol. The highest BCUT2D eigenvalue weighted by Gasteiger charge is 2.29. The predicted molar refractivity (Wildman–Crippen MR) is 122 cm³/mol. The number of aliphatic hydroxyl groups is 3. The largest absolute Gasteiger partial charge is 0.396 e. The number of hydrogen-bond acceptors (Lipinski definition) is 6. The molecule has 1 aromatic carbocycles. The Kier molecular flexibility index (Phi) is 9.22. The van der Waals surface area contributed by atoms with Crippen molar-refractivity contribution in [2.45, 2.75) is 25.0 Å². The number of carbonyl (C=O) groups is 2. The summed E-state index contributed by atoms with van der Waals surface area (Å²) in [4.78, 5) is 30.2. The first-order valence-electron chi connectivity index (χ1n) is 11.2. The van der Waals surface area contributed by atoms with Crippen molar-refractivity contribution in [3.05, 3.63) is 40.7 Å². The second-order valence-corrected chi connectivity index (χ2v) is 9.04. The Hall–Kier alpha value is -2.04. The average Bonchev–Trinajstić information content (AvgIpc) is 2.96. The first-order chi connectivity index (χ1) is 15.8. The zero-order chi connectivity index (χ0) is 24.0. The molecule has 2 aliphatic rings. The normalized spacial score (nSPS) is 23.7. The van der Waals surface area contributed by atoms with Crippen LogP contribution in [0.2, 0.25) is 5.02 Å². The number of halogens is 2. The average molecular weight is 484 g/mol. The van der Waals surface area contributed by atoms with Crippen molar-refractivity contribution in [1.82, 2.24) is 14.7 Å². The molecule has 0 bridgehead atoms. The van der Waals surface area contributed by atoms with Gasteiger partial charge in [-0.25, -0.2) is 4.39 Å². The molecular weight excluding hydrogens is 453 g/mol. The number of rotatable bonds is 7. The highest BCUT2D eigenvalue weighted by Crippen LogP contribution is 2.18. The Bertz CT molecular complexity index is 870. The predicted octanol–water partition coefficient (Wildman–Crippen LogP) is 0.589. The van der Waals surface area contributed by atoms with Gasteiger partial charge in [0.2, 0.25) is 11.8 Å². The molecule has 3 unspecified atom stereocenters. The van der Waals surface area contributed by atoms with E-state index in [0.29, 0.717) is 44.7 Å². The second-order valence-electron chi connectivity index (χ2n) is 8.63. The van der Waals surface area contributed by atoms with Crippen molar-refractivity contribution in [3.8, 4) is 0 Å². The highest BCUT2D eigenvalue weighted by atomic mass is 35.5. The van der Waals surface area contributed by atoms with Gasteiger partial charge >= 0.3 is 0 Å². The molecule has 33 heavy (non-hydrogen) atoms. The number of piperidine rings is 1. The summed E-state index contributed by atoms with van der Waals surface area (Å²) in [6, 6.07) is 4.18. The summed E-state index contributed by atoms with van der Waals surface area (Å²) in [6.07, 6.45) is 2.33. The van der Waals surface area contributed by atoms with E-state index in [1.807, 2.05) is 4.90 Å². The lowest BCUT2D eigenvalue weighted by molar-refractivity contribution is -0.132. The fourth-order valence-electron chi connectivity index (χ4n) is 4.20. The van der Waals surface area contributed by atoms with Gasteiger partial charge in [0.15, 0.2) is 0 Å². The summed E-state index contributed by atoms with van der Waals surface area (Å²) >= 11 is 5.76. The third-order valence-corrected chi connectivity index (χ3v) is 6.49. The van der Waals surface area contributed by atoms with Gasteiger partial charge in [-0.2, -0.15) is 0 Å². The standard InChI is InChI=1S/C23H31ClFN3O5/c24-19-11-16(1-3-20(19)25)2-4-22(32)27-8-6-23(33)28(10-9-27)13-18(30)12-26-7-5-17(15-29)21(31)14-26/h1-4,11,17-18,21,29-31H,5-10,12-15H2. The lowest BCUT2D eigenvalue weighted by Crippen LogP contribution is -2.49. The molecule has 0 spiro atoms. The van der Waals surface area contributed by atoms with Crippen molar-refractivity contribution in [3.63, 3.8) is 0 Å². The molecule has 2 saturated heterocycles. The van der Waals surface area contributed by atoms with E-state index in [9.17, 15) is 29.3 Å². The van der Waals surface area contributed by atoms with Crippen LogP contribution in [0.5, 0.6) is 0 Å². The summed E-state index contributed by atoms with van der Waals surface area (Å²) < 4.78 is 13.3. The highest BCUT2D eigenvalue weighted by molar-refractivity contribution is 6.30. The molecule has 3 atom stereocenters. The molecule has 3 N–H and O–H groups in total. The van der Waals surface area contributed by atoms with Crippen molar-refractivity contribution in [1.29, 1.82) is 0 Å². The van der Waals surface area contributed by atoms with Gasteiger partial charge in [0.1, 0.15) is 5.82 Å². The van der Waals surface area contributed by atoms with Crippen molar-refractivity contribution in [2.24, 2.45) is 5.92 Å².